The minimum absolute atomic E-state index is 0.0129. The molecule has 9 heteroatoms. The number of aliphatic hydroxyl groups excluding tert-OH is 1. The van der Waals surface area contributed by atoms with Gasteiger partial charge in [0, 0.05) is 28.9 Å². The van der Waals surface area contributed by atoms with E-state index in [1.54, 1.807) is 12.1 Å². The van der Waals surface area contributed by atoms with E-state index in [1.165, 1.54) is 34.9 Å². The number of aliphatic hydroxyl groups is 1. The van der Waals surface area contributed by atoms with E-state index < -0.39 is 30.5 Å². The summed E-state index contributed by atoms with van der Waals surface area (Å²) in [7, 11) is 0. The minimum atomic E-state index is -2.49. The molecule has 1 saturated heterocycles. The van der Waals surface area contributed by atoms with Gasteiger partial charge in [0.1, 0.15) is 18.0 Å². The number of amides is 1. The molecule has 0 aliphatic carbocycles. The quantitative estimate of drug-likeness (QED) is 0.464. The Morgan fingerprint density at radius 1 is 1.18 bits per heavy atom. The zero-order valence-electron chi connectivity index (χ0n) is 17.5. The van der Waals surface area contributed by atoms with Crippen molar-refractivity contribution in [2.24, 2.45) is 0 Å². The van der Waals surface area contributed by atoms with Gasteiger partial charge in [-0.05, 0) is 41.3 Å². The van der Waals surface area contributed by atoms with Crippen LogP contribution in [-0.2, 0) is 17.7 Å². The van der Waals surface area contributed by atoms with Crippen molar-refractivity contribution in [1.29, 1.82) is 0 Å². The van der Waals surface area contributed by atoms with Gasteiger partial charge in [-0.1, -0.05) is 36.4 Å². The van der Waals surface area contributed by atoms with Gasteiger partial charge >= 0.3 is 6.09 Å². The number of ether oxygens (including phenoxy) is 1. The van der Waals surface area contributed by atoms with Crippen molar-refractivity contribution in [3.8, 4) is 10.4 Å². The molecule has 1 amide bonds. The van der Waals surface area contributed by atoms with Crippen LogP contribution < -0.4 is 10.6 Å². The van der Waals surface area contributed by atoms with Crippen LogP contribution in [0.5, 0.6) is 0 Å². The third-order valence-corrected chi connectivity index (χ3v) is 6.50. The maximum Gasteiger partial charge on any atom is 0.407 e. The molecule has 0 unspecified atom stereocenters. The van der Waals surface area contributed by atoms with Crippen LogP contribution in [0.2, 0.25) is 0 Å². The van der Waals surface area contributed by atoms with Gasteiger partial charge in [0.05, 0.1) is 6.04 Å². The zero-order chi connectivity index (χ0) is 23.4. The number of hydrogen-bond donors (Lipinski definition) is 3. The molecule has 4 rings (SSSR count). The van der Waals surface area contributed by atoms with Crippen LogP contribution in [0.25, 0.3) is 10.4 Å². The molecular formula is C24H23F3N2O3S. The van der Waals surface area contributed by atoms with Crippen LogP contribution in [-0.4, -0.2) is 36.0 Å². The van der Waals surface area contributed by atoms with Crippen LogP contribution in [0.1, 0.15) is 23.1 Å². The fraction of sp³-hybridized carbons (Fsp3) is 0.292. The lowest BCUT2D eigenvalue weighted by molar-refractivity contribution is 0.0188. The first kappa shape index (κ1) is 23.3. The van der Waals surface area contributed by atoms with Gasteiger partial charge in [0.25, 0.3) is 6.43 Å². The monoisotopic (exact) mass is 476 g/mol. The fourth-order valence-electron chi connectivity index (χ4n) is 3.78. The first-order valence-electron chi connectivity index (χ1n) is 10.5. The first-order chi connectivity index (χ1) is 15.9. The highest BCUT2D eigenvalue weighted by Gasteiger charge is 2.37. The maximum atomic E-state index is 13.3. The second-order valence-corrected chi connectivity index (χ2v) is 8.79. The summed E-state index contributed by atoms with van der Waals surface area (Å²) in [5, 5.41) is 17.5. The molecule has 3 N–H and O–H groups in total. The summed E-state index contributed by atoms with van der Waals surface area (Å²) in [5.74, 6) is -0.391. The fourth-order valence-corrected chi connectivity index (χ4v) is 4.69. The summed E-state index contributed by atoms with van der Waals surface area (Å²) in [6, 6.07) is 14.6. The highest BCUT2D eigenvalue weighted by Crippen LogP contribution is 2.32. The van der Waals surface area contributed by atoms with Crippen molar-refractivity contribution in [3.05, 3.63) is 82.5 Å². The third-order valence-electron chi connectivity index (χ3n) is 5.50. The zero-order valence-corrected chi connectivity index (χ0v) is 18.3. The molecule has 5 nitrogen and oxygen atoms in total. The molecule has 1 aliphatic rings. The summed E-state index contributed by atoms with van der Waals surface area (Å²) >= 11 is 1.27. The van der Waals surface area contributed by atoms with Gasteiger partial charge in [-0.3, -0.25) is 0 Å². The van der Waals surface area contributed by atoms with Gasteiger partial charge < -0.3 is 20.5 Å². The lowest BCUT2D eigenvalue weighted by Crippen LogP contribution is -2.41. The molecule has 1 fully saturated rings. The van der Waals surface area contributed by atoms with E-state index in [0.717, 1.165) is 16.0 Å². The van der Waals surface area contributed by atoms with E-state index in [2.05, 4.69) is 10.6 Å². The molecule has 2 aromatic carbocycles. The number of carbonyl (C=O) groups excluding carboxylic acids is 1. The molecule has 3 aromatic rings. The largest absolute Gasteiger partial charge is 0.442 e. The number of hydrogen-bond acceptors (Lipinski definition) is 5. The average Bonchev–Trinajstić information content (AvgIpc) is 3.42. The topological polar surface area (TPSA) is 70.6 Å². The van der Waals surface area contributed by atoms with E-state index in [1.807, 2.05) is 24.3 Å². The predicted molar refractivity (Wildman–Crippen MR) is 120 cm³/mol. The Kier molecular flexibility index (Phi) is 7.32. The molecule has 2 heterocycles. The lowest BCUT2D eigenvalue weighted by Gasteiger charge is -2.22. The Balaban J connectivity index is 1.34. The molecule has 0 bridgehead atoms. The molecule has 3 atom stereocenters. The van der Waals surface area contributed by atoms with Crippen molar-refractivity contribution < 1.29 is 27.8 Å². The van der Waals surface area contributed by atoms with Crippen LogP contribution in [0.15, 0.2) is 60.0 Å². The molecule has 1 aliphatic heterocycles. The van der Waals surface area contributed by atoms with E-state index >= 15 is 0 Å². The van der Waals surface area contributed by atoms with E-state index in [4.69, 9.17) is 4.74 Å². The Hall–Kier alpha value is -2.88. The van der Waals surface area contributed by atoms with Gasteiger partial charge in [-0.25, -0.2) is 18.0 Å². The summed E-state index contributed by atoms with van der Waals surface area (Å²) in [4.78, 5) is 13.0. The van der Waals surface area contributed by atoms with Crippen molar-refractivity contribution in [3.63, 3.8) is 0 Å². The summed E-state index contributed by atoms with van der Waals surface area (Å²) in [6.45, 7) is 0.394. The SMILES string of the molecule is O=C(NCc1cccc(F)c1)O[C@@H]1[C@@H](O)CN[C@@H]1Cc1ccc(-c2cc(C(F)F)cs2)cc1. The molecule has 1 aromatic heterocycles. The molecular weight excluding hydrogens is 453 g/mol. The molecule has 174 valence electrons. The number of halogens is 3. The minimum Gasteiger partial charge on any atom is -0.442 e. The van der Waals surface area contributed by atoms with Crippen molar-refractivity contribution in [1.82, 2.24) is 10.6 Å². The second kappa shape index (κ2) is 10.4. The van der Waals surface area contributed by atoms with Crippen LogP contribution in [0, 0.1) is 5.82 Å². The van der Waals surface area contributed by atoms with Crippen molar-refractivity contribution in [2.45, 2.75) is 37.6 Å². The number of thiophene rings is 1. The maximum absolute atomic E-state index is 13.3. The number of alkyl carbamates (subject to hydrolysis) is 1. The third kappa shape index (κ3) is 5.93. The standard InChI is InChI=1S/C24H23F3N2O3S/c25-18-3-1-2-15(8-18)11-29-24(31)32-22-19(28-12-20(22)30)9-14-4-6-16(7-5-14)21-10-17(13-33-21)23(26)27/h1-8,10,13,19-20,22-23,28,30H,9,11-12H2,(H,29,31)/t19-,20+,22+/m1/s1. The number of β-amino-alcohol motifs (C(OH)–C–C–N with tert-alkyl or cyclic N) is 1. The van der Waals surface area contributed by atoms with Crippen molar-refractivity contribution in [2.75, 3.05) is 6.54 Å². The predicted octanol–water partition coefficient (Wildman–Crippen LogP) is 4.66. The Labute approximate surface area is 193 Å². The number of alkyl halides is 2. The Morgan fingerprint density at radius 3 is 2.67 bits per heavy atom. The van der Waals surface area contributed by atoms with Crippen LogP contribution in [0.4, 0.5) is 18.0 Å². The van der Waals surface area contributed by atoms with Gasteiger partial charge in [-0.2, -0.15) is 0 Å². The highest BCUT2D eigenvalue weighted by molar-refractivity contribution is 7.13. The van der Waals surface area contributed by atoms with Gasteiger partial charge in [0.2, 0.25) is 0 Å². The Bertz CT molecular complexity index is 1090. The second-order valence-electron chi connectivity index (χ2n) is 7.88. The number of carbonyl (C=O) groups is 1. The van der Waals surface area contributed by atoms with E-state index in [9.17, 15) is 23.1 Å². The number of rotatable bonds is 7. The summed E-state index contributed by atoms with van der Waals surface area (Å²) in [6.07, 6.45) is -4.28. The smallest absolute Gasteiger partial charge is 0.407 e. The first-order valence-corrected chi connectivity index (χ1v) is 11.3. The van der Waals surface area contributed by atoms with Gasteiger partial charge in [-0.15, -0.1) is 11.3 Å². The average molecular weight is 477 g/mol. The number of nitrogens with one attached hydrogen (secondary N) is 2. The Morgan fingerprint density at radius 2 is 1.97 bits per heavy atom. The highest BCUT2D eigenvalue weighted by atomic mass is 32.1. The molecule has 33 heavy (non-hydrogen) atoms. The molecule has 0 saturated carbocycles. The molecule has 0 radical (unpaired) electrons. The summed E-state index contributed by atoms with van der Waals surface area (Å²) < 4.78 is 44.4. The van der Waals surface area contributed by atoms with Crippen LogP contribution >= 0.6 is 11.3 Å². The lowest BCUT2D eigenvalue weighted by atomic mass is 10.00. The summed E-state index contributed by atoms with van der Waals surface area (Å²) in [5.41, 5.74) is 2.41. The van der Waals surface area contributed by atoms with Crippen molar-refractivity contribution >= 4 is 17.4 Å². The van der Waals surface area contributed by atoms with E-state index in [-0.39, 0.29) is 24.7 Å². The normalized spacial score (nSPS) is 20.2. The van der Waals surface area contributed by atoms with Gasteiger partial charge in [0.15, 0.2) is 0 Å². The van der Waals surface area contributed by atoms with Crippen LogP contribution in [0.3, 0.4) is 0 Å². The van der Waals surface area contributed by atoms with E-state index in [0.29, 0.717) is 12.0 Å². The molecule has 0 spiro atoms. The number of benzene rings is 2.